The van der Waals surface area contributed by atoms with E-state index < -0.39 is 0 Å². The van der Waals surface area contributed by atoms with Crippen LogP contribution >= 0.6 is 12.2 Å². The van der Waals surface area contributed by atoms with Crippen molar-refractivity contribution >= 4 is 17.1 Å². The average molecular weight is 250 g/mol. The van der Waals surface area contributed by atoms with Crippen molar-refractivity contribution in [2.45, 2.75) is 71.6 Å². The molecule has 0 radical (unpaired) electrons. The zero-order valence-corrected chi connectivity index (χ0v) is 12.2. The maximum atomic E-state index is 5.45. The first-order valence-electron chi connectivity index (χ1n) is 7.27. The van der Waals surface area contributed by atoms with Crippen LogP contribution in [0, 0.1) is 11.3 Å². The normalized spacial score (nSPS) is 26.5. The largest absolute Gasteiger partial charge is 0.0849 e. The number of hydrogen-bond acceptors (Lipinski definition) is 1. The van der Waals surface area contributed by atoms with Gasteiger partial charge in [-0.3, -0.25) is 0 Å². The van der Waals surface area contributed by atoms with Crippen LogP contribution in [0.2, 0.25) is 0 Å². The number of hydrogen-bond donors (Lipinski definition) is 0. The third-order valence-electron chi connectivity index (χ3n) is 4.25. The van der Waals surface area contributed by atoms with Crippen molar-refractivity contribution in [1.82, 2.24) is 0 Å². The van der Waals surface area contributed by atoms with Gasteiger partial charge in [0, 0.05) is 4.86 Å². The zero-order chi connectivity index (χ0) is 12.3. The van der Waals surface area contributed by atoms with Crippen molar-refractivity contribution in [3.05, 3.63) is 11.6 Å². The van der Waals surface area contributed by atoms with E-state index in [1.807, 2.05) is 0 Å². The fourth-order valence-electron chi connectivity index (χ4n) is 3.55. The molecule has 96 valence electrons. The Kier molecular flexibility index (Phi) is 4.41. The van der Waals surface area contributed by atoms with Crippen molar-refractivity contribution in [1.29, 1.82) is 0 Å². The summed E-state index contributed by atoms with van der Waals surface area (Å²) in [5.74, 6) is 0.945. The molecule has 0 heterocycles. The van der Waals surface area contributed by atoms with Crippen LogP contribution in [-0.4, -0.2) is 4.86 Å². The lowest BCUT2D eigenvalue weighted by molar-refractivity contribution is 0.354. The Bertz CT molecular complexity index is 303. The van der Waals surface area contributed by atoms with Gasteiger partial charge in [0.1, 0.15) is 0 Å². The molecule has 1 saturated carbocycles. The predicted octanol–water partition coefficient (Wildman–Crippen LogP) is 5.46. The first-order chi connectivity index (χ1) is 8.05. The molecule has 0 amide bonds. The first kappa shape index (κ1) is 13.3. The quantitative estimate of drug-likeness (QED) is 0.463. The van der Waals surface area contributed by atoms with E-state index in [4.69, 9.17) is 12.2 Å². The van der Waals surface area contributed by atoms with Gasteiger partial charge in [-0.05, 0) is 36.7 Å². The lowest BCUT2D eigenvalue weighted by Gasteiger charge is -2.31. The lowest BCUT2D eigenvalue weighted by atomic mass is 9.74. The summed E-state index contributed by atoms with van der Waals surface area (Å²) < 4.78 is 0. The summed E-state index contributed by atoms with van der Waals surface area (Å²) in [6.07, 6.45) is 14.7. The van der Waals surface area contributed by atoms with Gasteiger partial charge in [-0.2, -0.15) is 0 Å². The van der Waals surface area contributed by atoms with E-state index >= 15 is 0 Å². The average Bonchev–Trinajstić information content (AvgIpc) is 2.42. The number of rotatable bonds is 2. The minimum atomic E-state index is 0.409. The van der Waals surface area contributed by atoms with Gasteiger partial charge in [0.05, 0.1) is 0 Å². The Morgan fingerprint density at radius 2 is 1.76 bits per heavy atom. The van der Waals surface area contributed by atoms with E-state index in [0.29, 0.717) is 5.41 Å². The molecule has 1 heteroatoms. The predicted molar refractivity (Wildman–Crippen MR) is 79.5 cm³/mol. The third kappa shape index (κ3) is 4.21. The van der Waals surface area contributed by atoms with E-state index in [2.05, 4.69) is 19.9 Å². The van der Waals surface area contributed by atoms with Crippen LogP contribution in [0.4, 0.5) is 0 Å². The molecule has 17 heavy (non-hydrogen) atoms. The van der Waals surface area contributed by atoms with Gasteiger partial charge in [-0.15, -0.1) is 0 Å². The van der Waals surface area contributed by atoms with E-state index in [-0.39, 0.29) is 0 Å². The Morgan fingerprint density at radius 3 is 2.35 bits per heavy atom. The molecule has 2 rings (SSSR count). The highest BCUT2D eigenvalue weighted by Gasteiger charge is 2.26. The van der Waals surface area contributed by atoms with E-state index in [9.17, 15) is 0 Å². The fraction of sp³-hybridized carbons (Fsp3) is 0.812. The summed E-state index contributed by atoms with van der Waals surface area (Å²) in [4.78, 5) is 1.19. The maximum absolute atomic E-state index is 5.45. The van der Waals surface area contributed by atoms with Gasteiger partial charge in [-0.1, -0.05) is 70.2 Å². The van der Waals surface area contributed by atoms with Gasteiger partial charge in [0.15, 0.2) is 0 Å². The molecular weight excluding hydrogens is 224 g/mol. The second-order valence-electron chi connectivity index (χ2n) is 6.85. The van der Waals surface area contributed by atoms with Gasteiger partial charge in [0.25, 0.3) is 0 Å². The van der Waals surface area contributed by atoms with Crippen LogP contribution in [0.1, 0.15) is 71.6 Å². The molecule has 0 bridgehead atoms. The van der Waals surface area contributed by atoms with Crippen molar-refractivity contribution in [2.75, 3.05) is 0 Å². The minimum absolute atomic E-state index is 0.409. The Morgan fingerprint density at radius 1 is 1.12 bits per heavy atom. The zero-order valence-electron chi connectivity index (χ0n) is 11.4. The van der Waals surface area contributed by atoms with Crippen molar-refractivity contribution in [3.63, 3.8) is 0 Å². The van der Waals surface area contributed by atoms with Crippen LogP contribution in [0.5, 0.6) is 0 Å². The fourth-order valence-corrected chi connectivity index (χ4v) is 4.11. The van der Waals surface area contributed by atoms with Gasteiger partial charge in [0.2, 0.25) is 0 Å². The summed E-state index contributed by atoms with van der Waals surface area (Å²) in [5, 5.41) is 0. The van der Waals surface area contributed by atoms with Crippen LogP contribution in [0.25, 0.3) is 0 Å². The summed E-state index contributed by atoms with van der Waals surface area (Å²) in [6.45, 7) is 4.72. The molecule has 0 spiro atoms. The highest BCUT2D eigenvalue weighted by molar-refractivity contribution is 7.80. The molecule has 0 aromatic rings. The topological polar surface area (TPSA) is 0 Å². The monoisotopic (exact) mass is 250 g/mol. The van der Waals surface area contributed by atoms with Gasteiger partial charge in [-0.25, -0.2) is 0 Å². The Hall–Kier alpha value is -0.170. The first-order valence-corrected chi connectivity index (χ1v) is 7.68. The molecule has 0 aromatic heterocycles. The minimum Gasteiger partial charge on any atom is -0.0849 e. The smallest absolute Gasteiger partial charge is 0.0157 e. The molecule has 0 aliphatic heterocycles. The molecule has 2 aliphatic rings. The molecule has 2 aliphatic carbocycles. The summed E-state index contributed by atoms with van der Waals surface area (Å²) in [7, 11) is 0. The molecule has 0 aromatic carbocycles. The highest BCUT2D eigenvalue weighted by Crippen LogP contribution is 2.38. The maximum Gasteiger partial charge on any atom is 0.0157 e. The number of allylic oxidation sites excluding steroid dienone is 2. The van der Waals surface area contributed by atoms with Crippen LogP contribution in [0.15, 0.2) is 11.6 Å². The standard InChI is InChI=1S/C16H26S/c1-16(2)11-14(10-15(17)12-16)9-13-7-5-3-4-6-8-13/h10,13H,3-9,11-12H2,1-2H3. The Labute approximate surface area is 112 Å². The van der Waals surface area contributed by atoms with Crippen molar-refractivity contribution in [2.24, 2.45) is 11.3 Å². The molecule has 0 saturated heterocycles. The van der Waals surface area contributed by atoms with Crippen LogP contribution in [0.3, 0.4) is 0 Å². The summed E-state index contributed by atoms with van der Waals surface area (Å²) >= 11 is 5.45. The Balaban J connectivity index is 1.95. The van der Waals surface area contributed by atoms with Crippen molar-refractivity contribution in [3.8, 4) is 0 Å². The van der Waals surface area contributed by atoms with E-state index in [0.717, 1.165) is 12.3 Å². The lowest BCUT2D eigenvalue weighted by Crippen LogP contribution is -2.21. The second kappa shape index (κ2) is 5.65. The summed E-state index contributed by atoms with van der Waals surface area (Å²) in [5.41, 5.74) is 2.05. The molecular formula is C16H26S. The van der Waals surface area contributed by atoms with Crippen LogP contribution < -0.4 is 0 Å². The van der Waals surface area contributed by atoms with E-state index in [1.165, 1.54) is 56.2 Å². The number of thiocarbonyl (C=S) groups is 1. The molecule has 0 N–H and O–H groups in total. The second-order valence-corrected chi connectivity index (χ2v) is 7.37. The van der Waals surface area contributed by atoms with E-state index in [1.54, 1.807) is 5.57 Å². The summed E-state index contributed by atoms with van der Waals surface area (Å²) in [6, 6.07) is 0. The van der Waals surface area contributed by atoms with Crippen LogP contribution in [-0.2, 0) is 0 Å². The highest BCUT2D eigenvalue weighted by atomic mass is 32.1. The molecule has 0 nitrogen and oxygen atoms in total. The molecule has 0 atom stereocenters. The van der Waals surface area contributed by atoms with Gasteiger partial charge < -0.3 is 0 Å². The van der Waals surface area contributed by atoms with Gasteiger partial charge >= 0.3 is 0 Å². The molecule has 0 unspecified atom stereocenters. The van der Waals surface area contributed by atoms with Crippen molar-refractivity contribution < 1.29 is 0 Å². The SMILES string of the molecule is CC1(C)CC(=S)C=C(CC2CCCCCC2)C1. The molecule has 1 fully saturated rings. The third-order valence-corrected chi connectivity index (χ3v) is 4.51.